The number of halogens is 1. The molecule has 0 fully saturated rings. The van der Waals surface area contributed by atoms with E-state index in [0.717, 1.165) is 15.6 Å². The van der Waals surface area contributed by atoms with E-state index in [4.69, 9.17) is 0 Å². The zero-order chi connectivity index (χ0) is 22.4. The van der Waals surface area contributed by atoms with Crippen LogP contribution in [-0.4, -0.2) is 16.4 Å². The van der Waals surface area contributed by atoms with Crippen molar-refractivity contribution in [1.29, 1.82) is 0 Å². The molecule has 0 spiro atoms. The maximum absolute atomic E-state index is 13.6. The van der Waals surface area contributed by atoms with Crippen molar-refractivity contribution in [2.45, 2.75) is 38.1 Å². The zero-order valence-electron chi connectivity index (χ0n) is 17.6. The predicted molar refractivity (Wildman–Crippen MR) is 126 cm³/mol. The largest absolute Gasteiger partial charge is 0.302 e. The number of fused-ring (bicyclic) bond motifs is 1. The molecule has 1 heterocycles. The Kier molecular flexibility index (Phi) is 5.21. The standard InChI is InChI=1S/C25H23BrN2O3/c1-24(2)16-25(3,18-9-11-19(26)12-10-18)21-15-20(28(30)31)13-14-22(21)27(24)23(29)17-7-5-4-6-8-17/h4-15H,16H2,1-3H3/t25-/m1/s1. The molecule has 0 saturated carbocycles. The molecule has 0 unspecified atom stereocenters. The Morgan fingerprint density at radius 1 is 1.00 bits per heavy atom. The molecule has 158 valence electrons. The van der Waals surface area contributed by atoms with Gasteiger partial charge in [0.05, 0.1) is 4.92 Å². The summed E-state index contributed by atoms with van der Waals surface area (Å²) >= 11 is 3.48. The van der Waals surface area contributed by atoms with Crippen LogP contribution < -0.4 is 4.90 Å². The second-order valence-electron chi connectivity index (χ2n) is 8.79. The summed E-state index contributed by atoms with van der Waals surface area (Å²) in [6.07, 6.45) is 0.619. The van der Waals surface area contributed by atoms with Crippen molar-refractivity contribution in [3.8, 4) is 0 Å². The van der Waals surface area contributed by atoms with Crippen LogP contribution in [0.3, 0.4) is 0 Å². The topological polar surface area (TPSA) is 63.5 Å². The van der Waals surface area contributed by atoms with E-state index < -0.39 is 11.0 Å². The van der Waals surface area contributed by atoms with Gasteiger partial charge in [-0.1, -0.05) is 53.2 Å². The van der Waals surface area contributed by atoms with Gasteiger partial charge in [-0.15, -0.1) is 0 Å². The van der Waals surface area contributed by atoms with Gasteiger partial charge >= 0.3 is 0 Å². The number of carbonyl (C=O) groups is 1. The van der Waals surface area contributed by atoms with Crippen LogP contribution in [0.1, 0.15) is 48.7 Å². The summed E-state index contributed by atoms with van der Waals surface area (Å²) in [6, 6.07) is 22.0. The highest BCUT2D eigenvalue weighted by Crippen LogP contribution is 2.51. The SMILES string of the molecule is CC1(C)C[C@](C)(c2ccc(Br)cc2)c2cc([N+](=O)[O-])ccc2N1C(=O)c1ccccc1. The summed E-state index contributed by atoms with van der Waals surface area (Å²) in [4.78, 5) is 26.5. The van der Waals surface area contributed by atoms with Crippen LogP contribution in [0.4, 0.5) is 11.4 Å². The molecule has 6 heteroatoms. The summed E-state index contributed by atoms with van der Waals surface area (Å²) in [6.45, 7) is 6.20. The number of amides is 1. The van der Waals surface area contributed by atoms with E-state index in [2.05, 4.69) is 36.7 Å². The number of carbonyl (C=O) groups excluding carboxylic acids is 1. The predicted octanol–water partition coefficient (Wildman–Crippen LogP) is 6.49. The molecule has 0 aromatic heterocycles. The molecule has 0 N–H and O–H groups in total. The van der Waals surface area contributed by atoms with Crippen LogP contribution >= 0.6 is 15.9 Å². The lowest BCUT2D eigenvalue weighted by Crippen LogP contribution is -2.55. The molecule has 31 heavy (non-hydrogen) atoms. The average Bonchev–Trinajstić information content (AvgIpc) is 2.73. The number of non-ortho nitro benzene ring substituents is 1. The van der Waals surface area contributed by atoms with Gasteiger partial charge in [-0.05, 0) is 61.7 Å². The first-order chi connectivity index (χ1) is 14.6. The minimum Gasteiger partial charge on any atom is -0.302 e. The Bertz CT molecular complexity index is 1160. The van der Waals surface area contributed by atoms with Gasteiger partial charge in [0, 0.05) is 38.8 Å². The van der Waals surface area contributed by atoms with Gasteiger partial charge in [0.1, 0.15) is 0 Å². The molecule has 0 radical (unpaired) electrons. The van der Waals surface area contributed by atoms with Gasteiger partial charge in [0.25, 0.3) is 11.6 Å². The zero-order valence-corrected chi connectivity index (χ0v) is 19.2. The van der Waals surface area contributed by atoms with E-state index in [0.29, 0.717) is 17.7 Å². The van der Waals surface area contributed by atoms with E-state index in [1.165, 1.54) is 6.07 Å². The smallest absolute Gasteiger partial charge is 0.269 e. The molecule has 5 nitrogen and oxygen atoms in total. The Morgan fingerprint density at radius 3 is 2.26 bits per heavy atom. The van der Waals surface area contributed by atoms with Crippen LogP contribution in [0.2, 0.25) is 0 Å². The summed E-state index contributed by atoms with van der Waals surface area (Å²) < 4.78 is 0.968. The Hall–Kier alpha value is -2.99. The summed E-state index contributed by atoms with van der Waals surface area (Å²) in [5, 5.41) is 11.6. The fourth-order valence-electron chi connectivity index (χ4n) is 4.81. The van der Waals surface area contributed by atoms with Crippen molar-refractivity contribution in [3.05, 3.63) is 104 Å². The minimum atomic E-state index is -0.516. The van der Waals surface area contributed by atoms with Crippen LogP contribution in [0.15, 0.2) is 77.3 Å². The van der Waals surface area contributed by atoms with Crippen molar-refractivity contribution in [2.24, 2.45) is 0 Å². The molecule has 1 aliphatic rings. The first-order valence-corrected chi connectivity index (χ1v) is 10.9. The van der Waals surface area contributed by atoms with Crippen LogP contribution in [0.25, 0.3) is 0 Å². The third-order valence-corrected chi connectivity index (χ3v) is 6.65. The highest BCUT2D eigenvalue weighted by atomic mass is 79.9. The summed E-state index contributed by atoms with van der Waals surface area (Å²) in [5.74, 6) is -0.112. The lowest BCUT2D eigenvalue weighted by atomic mass is 9.65. The number of rotatable bonds is 3. The molecule has 0 aliphatic carbocycles. The fraction of sp³-hybridized carbons (Fsp3) is 0.240. The van der Waals surface area contributed by atoms with Gasteiger partial charge in [-0.2, -0.15) is 0 Å². The molecule has 3 aromatic rings. The summed E-state index contributed by atoms with van der Waals surface area (Å²) in [7, 11) is 0. The molecule has 4 rings (SSSR count). The number of nitro benzene ring substituents is 1. The van der Waals surface area contributed by atoms with Gasteiger partial charge < -0.3 is 4.90 Å². The van der Waals surface area contributed by atoms with Crippen molar-refractivity contribution in [1.82, 2.24) is 0 Å². The number of hydrogen-bond donors (Lipinski definition) is 0. The molecular weight excluding hydrogens is 456 g/mol. The monoisotopic (exact) mass is 478 g/mol. The van der Waals surface area contributed by atoms with Gasteiger partial charge in [0.2, 0.25) is 0 Å². The van der Waals surface area contributed by atoms with E-state index in [9.17, 15) is 14.9 Å². The number of anilines is 1. The summed E-state index contributed by atoms with van der Waals surface area (Å²) in [5.41, 5.74) is 2.14. The fourth-order valence-corrected chi connectivity index (χ4v) is 5.07. The quantitative estimate of drug-likeness (QED) is 0.319. The Morgan fingerprint density at radius 2 is 1.65 bits per heavy atom. The molecule has 1 atom stereocenters. The molecule has 1 amide bonds. The van der Waals surface area contributed by atoms with Gasteiger partial charge in [-0.25, -0.2) is 0 Å². The third-order valence-electron chi connectivity index (χ3n) is 6.12. The first-order valence-electron chi connectivity index (χ1n) is 10.1. The molecule has 3 aromatic carbocycles. The van der Waals surface area contributed by atoms with E-state index in [1.807, 2.05) is 42.5 Å². The second kappa shape index (κ2) is 7.61. The minimum absolute atomic E-state index is 0.0221. The highest BCUT2D eigenvalue weighted by Gasteiger charge is 2.48. The lowest BCUT2D eigenvalue weighted by Gasteiger charge is -2.51. The number of nitrogens with zero attached hydrogens (tertiary/aromatic N) is 2. The van der Waals surface area contributed by atoms with Crippen LogP contribution in [0.5, 0.6) is 0 Å². The Labute approximate surface area is 190 Å². The van der Waals surface area contributed by atoms with Crippen molar-refractivity contribution < 1.29 is 9.72 Å². The molecule has 0 saturated heterocycles. The normalized spacial score (nSPS) is 19.5. The number of benzene rings is 3. The first kappa shape index (κ1) is 21.2. The van der Waals surface area contributed by atoms with Crippen LogP contribution in [-0.2, 0) is 5.41 Å². The number of hydrogen-bond acceptors (Lipinski definition) is 3. The average molecular weight is 479 g/mol. The van der Waals surface area contributed by atoms with Gasteiger partial charge in [-0.3, -0.25) is 14.9 Å². The van der Waals surface area contributed by atoms with E-state index >= 15 is 0 Å². The molecular formula is C25H23BrN2O3. The lowest BCUT2D eigenvalue weighted by molar-refractivity contribution is -0.385. The maximum Gasteiger partial charge on any atom is 0.269 e. The van der Waals surface area contributed by atoms with Gasteiger partial charge in [0.15, 0.2) is 0 Å². The van der Waals surface area contributed by atoms with Crippen molar-refractivity contribution >= 4 is 33.2 Å². The third kappa shape index (κ3) is 3.65. The van der Waals surface area contributed by atoms with Crippen LogP contribution in [0, 0.1) is 10.1 Å². The Balaban J connectivity index is 1.96. The highest BCUT2D eigenvalue weighted by molar-refractivity contribution is 9.10. The molecule has 1 aliphatic heterocycles. The number of nitro groups is 1. The maximum atomic E-state index is 13.6. The van der Waals surface area contributed by atoms with Crippen molar-refractivity contribution in [2.75, 3.05) is 4.90 Å². The van der Waals surface area contributed by atoms with E-state index in [-0.39, 0.29) is 16.5 Å². The molecule has 0 bridgehead atoms. The van der Waals surface area contributed by atoms with E-state index in [1.54, 1.807) is 29.2 Å². The van der Waals surface area contributed by atoms with Crippen molar-refractivity contribution in [3.63, 3.8) is 0 Å². The second-order valence-corrected chi connectivity index (χ2v) is 9.71.